The molecule has 2 aromatic rings. The van der Waals surface area contributed by atoms with Crippen LogP contribution in [0.25, 0.3) is 0 Å². The molecule has 5 heteroatoms. The topological polar surface area (TPSA) is 36.9 Å². The zero-order chi connectivity index (χ0) is 29.2. The second kappa shape index (κ2) is 20.3. The molecule has 0 fully saturated rings. The smallest absolute Gasteiger partial charge is 0.188 e. The van der Waals surface area contributed by atoms with Crippen LogP contribution in [0.4, 0.5) is 0 Å². The molecule has 0 atom stereocenters. The number of unbranched alkanes of at least 4 members (excludes halogenated alkanes) is 4. The lowest BCUT2D eigenvalue weighted by Crippen LogP contribution is -2.23. The van der Waals surface area contributed by atoms with Gasteiger partial charge in [0.05, 0.1) is 0 Å². The van der Waals surface area contributed by atoms with Gasteiger partial charge in [-0.2, -0.15) is 0 Å². The molecule has 0 bridgehead atoms. The Kier molecular flexibility index (Phi) is 17.6. The molecule has 0 radical (unpaired) electrons. The van der Waals surface area contributed by atoms with Crippen LogP contribution in [0.3, 0.4) is 0 Å². The molecule has 0 spiro atoms. The molecule has 4 nitrogen and oxygen atoms in total. The number of rotatable bonds is 22. The van der Waals surface area contributed by atoms with Crippen molar-refractivity contribution in [2.24, 2.45) is 0 Å². The van der Waals surface area contributed by atoms with E-state index in [0.717, 1.165) is 75.4 Å². The summed E-state index contributed by atoms with van der Waals surface area (Å²) >= 11 is 0. The lowest BCUT2D eigenvalue weighted by molar-refractivity contribution is 0.0511. The van der Waals surface area contributed by atoms with Crippen LogP contribution < -0.4 is 20.1 Å². The van der Waals surface area contributed by atoms with Crippen LogP contribution in [-0.2, 0) is 35.2 Å². The maximum Gasteiger partial charge on any atom is 0.188 e. The first-order valence-electron chi connectivity index (χ1n) is 15.9. The fourth-order valence-corrected chi connectivity index (χ4v) is 7.93. The fraction of sp³-hybridized carbons (Fsp3) is 0.657. The number of methoxy groups -OCH3 is 2. The van der Waals surface area contributed by atoms with Crippen LogP contribution in [0.1, 0.15) is 115 Å². The summed E-state index contributed by atoms with van der Waals surface area (Å²) in [7, 11) is 2.71. The van der Waals surface area contributed by atoms with E-state index in [9.17, 15) is 0 Å². The van der Waals surface area contributed by atoms with E-state index in [4.69, 9.17) is 18.9 Å². The second-order valence-corrected chi connectivity index (χ2v) is 13.1. The molecule has 0 N–H and O–H groups in total. The Morgan fingerprint density at radius 1 is 0.525 bits per heavy atom. The molecule has 0 unspecified atom stereocenters. The molecule has 0 heterocycles. The van der Waals surface area contributed by atoms with E-state index in [2.05, 4.69) is 58.9 Å². The summed E-state index contributed by atoms with van der Waals surface area (Å²) in [5.74, 6) is 2.09. The van der Waals surface area contributed by atoms with Crippen LogP contribution in [0, 0.1) is 0 Å². The molecule has 0 aliphatic heterocycles. The van der Waals surface area contributed by atoms with Gasteiger partial charge in [-0.05, 0) is 99.8 Å². The highest BCUT2D eigenvalue weighted by molar-refractivity contribution is 7.73. The first-order chi connectivity index (χ1) is 19.6. The normalized spacial score (nSPS) is 11.4. The molecule has 0 saturated heterocycles. The van der Waals surface area contributed by atoms with Gasteiger partial charge in [-0.25, -0.2) is 0 Å². The summed E-state index contributed by atoms with van der Waals surface area (Å²) in [6.45, 7) is 11.9. The molecule has 0 aromatic heterocycles. The minimum absolute atomic E-state index is 0.265. The van der Waals surface area contributed by atoms with Crippen molar-refractivity contribution in [1.29, 1.82) is 0 Å². The zero-order valence-corrected chi connectivity index (χ0v) is 27.6. The van der Waals surface area contributed by atoms with Gasteiger partial charge >= 0.3 is 0 Å². The first kappa shape index (κ1) is 34.6. The lowest BCUT2D eigenvalue weighted by atomic mass is 10.0. The Labute approximate surface area is 247 Å². The van der Waals surface area contributed by atoms with E-state index in [1.807, 2.05) is 0 Å². The van der Waals surface area contributed by atoms with Crippen molar-refractivity contribution in [1.82, 2.24) is 0 Å². The summed E-state index contributed by atoms with van der Waals surface area (Å²) in [6.07, 6.45) is 15.9. The van der Waals surface area contributed by atoms with Crippen LogP contribution in [0.2, 0.25) is 0 Å². The first-order valence-corrected chi connectivity index (χ1v) is 17.4. The predicted octanol–water partition coefficient (Wildman–Crippen LogP) is 8.87. The number of aryl methyl sites for hydroxylation is 4. The van der Waals surface area contributed by atoms with Gasteiger partial charge in [0.2, 0.25) is 0 Å². The number of hydrogen-bond acceptors (Lipinski definition) is 4. The van der Waals surface area contributed by atoms with Crippen LogP contribution in [0.5, 0.6) is 11.5 Å². The molecule has 40 heavy (non-hydrogen) atoms. The number of benzene rings is 2. The van der Waals surface area contributed by atoms with Gasteiger partial charge in [0.15, 0.2) is 13.6 Å². The van der Waals surface area contributed by atoms with Crippen molar-refractivity contribution in [2.45, 2.75) is 118 Å². The molecule has 0 aliphatic rings. The summed E-state index contributed by atoms with van der Waals surface area (Å²) in [5, 5.41) is 2.70. The van der Waals surface area contributed by atoms with Gasteiger partial charge in [0, 0.05) is 24.8 Å². The predicted molar refractivity (Wildman–Crippen MR) is 174 cm³/mol. The Balaban J connectivity index is 2.86. The fourth-order valence-electron chi connectivity index (χ4n) is 5.19. The Morgan fingerprint density at radius 2 is 0.925 bits per heavy atom. The quantitative estimate of drug-likeness (QED) is 0.104. The monoisotopic (exact) mass is 572 g/mol. The van der Waals surface area contributed by atoms with E-state index in [1.54, 1.807) is 14.2 Å². The van der Waals surface area contributed by atoms with Gasteiger partial charge in [-0.3, -0.25) is 0 Å². The van der Waals surface area contributed by atoms with Gasteiger partial charge in [-0.1, -0.05) is 78.9 Å². The van der Waals surface area contributed by atoms with Crippen LogP contribution in [-0.4, -0.2) is 34.0 Å². The molecule has 0 amide bonds. The third kappa shape index (κ3) is 10.7. The highest BCUT2D eigenvalue weighted by Gasteiger charge is 2.26. The SMILES string of the molecule is CCCCc1cc(CCCC)c(OCOC)c(P(CCC)c2cc(CCCC)cc(CCCC)c2OCOC)c1. The van der Waals surface area contributed by atoms with Crippen molar-refractivity contribution >= 4 is 18.5 Å². The highest BCUT2D eigenvalue weighted by Crippen LogP contribution is 2.44. The van der Waals surface area contributed by atoms with Gasteiger partial charge in [0.25, 0.3) is 0 Å². The Morgan fingerprint density at radius 3 is 1.27 bits per heavy atom. The van der Waals surface area contributed by atoms with Crippen LogP contribution in [0.15, 0.2) is 24.3 Å². The molecular formula is C35H57O4P. The van der Waals surface area contributed by atoms with Gasteiger partial charge in [0.1, 0.15) is 11.5 Å². The van der Waals surface area contributed by atoms with Gasteiger partial charge < -0.3 is 18.9 Å². The van der Waals surface area contributed by atoms with Crippen molar-refractivity contribution in [3.63, 3.8) is 0 Å². The summed E-state index contributed by atoms with van der Waals surface area (Å²) in [4.78, 5) is 0. The second-order valence-electron chi connectivity index (χ2n) is 10.9. The molecule has 226 valence electrons. The molecule has 0 saturated carbocycles. The largest absolute Gasteiger partial charge is 0.467 e. The van der Waals surface area contributed by atoms with Crippen LogP contribution >= 0.6 is 7.92 Å². The maximum absolute atomic E-state index is 6.46. The Bertz CT molecular complexity index is 899. The van der Waals surface area contributed by atoms with Crippen molar-refractivity contribution < 1.29 is 18.9 Å². The average Bonchev–Trinajstić information content (AvgIpc) is 2.97. The minimum atomic E-state index is -0.712. The lowest BCUT2D eigenvalue weighted by Gasteiger charge is -2.28. The molecular weight excluding hydrogens is 515 g/mol. The third-order valence-electron chi connectivity index (χ3n) is 7.32. The standard InChI is InChI=1S/C35H57O4P/c1-8-13-17-28-22-30(19-15-10-3)34(38-26-36-6)32(24-28)40(21-12-5)33-25-29(18-14-9-2)23-31(20-16-11-4)35(33)39-27-37-7/h22-25H,8-21,26-27H2,1-7H3. The van der Waals surface area contributed by atoms with Gasteiger partial charge in [-0.15, -0.1) is 0 Å². The summed E-state index contributed by atoms with van der Waals surface area (Å²) in [6, 6.07) is 9.74. The third-order valence-corrected chi connectivity index (χ3v) is 10.0. The number of ether oxygens (including phenoxy) is 4. The maximum atomic E-state index is 6.46. The average molecular weight is 573 g/mol. The van der Waals surface area contributed by atoms with E-state index in [1.165, 1.54) is 58.5 Å². The van der Waals surface area contributed by atoms with Crippen molar-refractivity contribution in [2.75, 3.05) is 34.0 Å². The number of hydrogen-bond donors (Lipinski definition) is 0. The van der Waals surface area contributed by atoms with E-state index in [-0.39, 0.29) is 13.6 Å². The molecule has 2 aromatic carbocycles. The minimum Gasteiger partial charge on any atom is -0.467 e. The summed E-state index contributed by atoms with van der Waals surface area (Å²) in [5.41, 5.74) is 5.53. The molecule has 2 rings (SSSR count). The highest BCUT2D eigenvalue weighted by atomic mass is 31.1. The van der Waals surface area contributed by atoms with E-state index >= 15 is 0 Å². The summed E-state index contributed by atoms with van der Waals surface area (Å²) < 4.78 is 23.8. The van der Waals surface area contributed by atoms with Crippen molar-refractivity contribution in [3.05, 3.63) is 46.5 Å². The van der Waals surface area contributed by atoms with E-state index in [0.29, 0.717) is 0 Å². The molecule has 0 aliphatic carbocycles. The zero-order valence-electron chi connectivity index (χ0n) is 26.7. The van der Waals surface area contributed by atoms with E-state index < -0.39 is 7.92 Å². The van der Waals surface area contributed by atoms with Crippen molar-refractivity contribution in [3.8, 4) is 11.5 Å². The Hall–Kier alpha value is -1.61.